The van der Waals surface area contributed by atoms with Crippen LogP contribution in [0.2, 0.25) is 5.02 Å². The Labute approximate surface area is 93.8 Å². The summed E-state index contributed by atoms with van der Waals surface area (Å²) in [6.07, 6.45) is 0. The molecule has 0 saturated carbocycles. The van der Waals surface area contributed by atoms with Crippen molar-refractivity contribution >= 4 is 17.5 Å². The van der Waals surface area contributed by atoms with Crippen LogP contribution >= 0.6 is 11.6 Å². The van der Waals surface area contributed by atoms with Crippen LogP contribution in [0.1, 0.15) is 18.5 Å². The average molecular weight is 225 g/mol. The number of hydrogen-bond donors (Lipinski definition) is 2. The Morgan fingerprint density at radius 3 is 2.60 bits per heavy atom. The van der Waals surface area contributed by atoms with Crippen molar-refractivity contribution in [2.75, 3.05) is 6.54 Å². The van der Waals surface area contributed by atoms with Crippen molar-refractivity contribution in [3.63, 3.8) is 0 Å². The highest BCUT2D eigenvalue weighted by molar-refractivity contribution is 6.30. The standard InChI is InChI=1S/C11H13ClN2O/c1-7-11(15)13-6-10(14-7)8-2-4-9(12)5-3-8/h2-5,7,10,14H,6H2,1H3,(H,13,15). The van der Waals surface area contributed by atoms with Crippen LogP contribution in [0.4, 0.5) is 0 Å². The number of hydrogen-bond acceptors (Lipinski definition) is 2. The van der Waals surface area contributed by atoms with E-state index >= 15 is 0 Å². The summed E-state index contributed by atoms with van der Waals surface area (Å²) < 4.78 is 0. The first-order valence-electron chi connectivity index (χ1n) is 4.96. The van der Waals surface area contributed by atoms with Crippen molar-refractivity contribution in [1.82, 2.24) is 10.6 Å². The van der Waals surface area contributed by atoms with E-state index in [0.29, 0.717) is 6.54 Å². The molecule has 2 rings (SSSR count). The maximum Gasteiger partial charge on any atom is 0.236 e. The van der Waals surface area contributed by atoms with Gasteiger partial charge in [-0.3, -0.25) is 10.1 Å². The Hall–Kier alpha value is -1.06. The van der Waals surface area contributed by atoms with Gasteiger partial charge >= 0.3 is 0 Å². The molecule has 0 aromatic heterocycles. The van der Waals surface area contributed by atoms with Crippen molar-refractivity contribution in [2.45, 2.75) is 19.0 Å². The second kappa shape index (κ2) is 4.21. The molecule has 2 unspecified atom stereocenters. The fourth-order valence-corrected chi connectivity index (χ4v) is 1.83. The molecule has 1 saturated heterocycles. The van der Waals surface area contributed by atoms with Crippen LogP contribution in [-0.2, 0) is 4.79 Å². The highest BCUT2D eigenvalue weighted by atomic mass is 35.5. The van der Waals surface area contributed by atoms with Gasteiger partial charge in [0.05, 0.1) is 12.1 Å². The molecule has 1 amide bonds. The minimum Gasteiger partial charge on any atom is -0.353 e. The zero-order chi connectivity index (χ0) is 10.8. The predicted molar refractivity (Wildman–Crippen MR) is 59.8 cm³/mol. The molecule has 1 aromatic carbocycles. The molecule has 2 N–H and O–H groups in total. The molecule has 80 valence electrons. The summed E-state index contributed by atoms with van der Waals surface area (Å²) >= 11 is 5.81. The van der Waals surface area contributed by atoms with Gasteiger partial charge < -0.3 is 5.32 Å². The van der Waals surface area contributed by atoms with Gasteiger partial charge in [0.25, 0.3) is 0 Å². The number of nitrogens with one attached hydrogen (secondary N) is 2. The molecule has 1 fully saturated rings. The minimum atomic E-state index is -0.139. The summed E-state index contributed by atoms with van der Waals surface area (Å²) in [6.45, 7) is 2.49. The van der Waals surface area contributed by atoms with E-state index in [0.717, 1.165) is 10.6 Å². The maximum absolute atomic E-state index is 11.2. The van der Waals surface area contributed by atoms with Crippen LogP contribution in [0, 0.1) is 0 Å². The lowest BCUT2D eigenvalue weighted by Gasteiger charge is -2.29. The fraction of sp³-hybridized carbons (Fsp3) is 0.364. The molecule has 1 aliphatic heterocycles. The number of amides is 1. The quantitative estimate of drug-likeness (QED) is 0.759. The van der Waals surface area contributed by atoms with Crippen LogP contribution < -0.4 is 10.6 Å². The molecule has 1 aliphatic rings. The van der Waals surface area contributed by atoms with Gasteiger partial charge in [0, 0.05) is 11.6 Å². The minimum absolute atomic E-state index is 0.0558. The van der Waals surface area contributed by atoms with Gasteiger partial charge in [-0.2, -0.15) is 0 Å². The highest BCUT2D eigenvalue weighted by Gasteiger charge is 2.24. The van der Waals surface area contributed by atoms with Gasteiger partial charge in [0.1, 0.15) is 0 Å². The van der Waals surface area contributed by atoms with Gasteiger partial charge in [-0.25, -0.2) is 0 Å². The van der Waals surface area contributed by atoms with Gasteiger partial charge in [0.2, 0.25) is 5.91 Å². The third-order valence-electron chi connectivity index (χ3n) is 2.60. The van der Waals surface area contributed by atoms with Crippen molar-refractivity contribution < 1.29 is 4.79 Å². The zero-order valence-corrected chi connectivity index (χ0v) is 9.21. The molecule has 0 spiro atoms. The number of halogens is 1. The molecular weight excluding hydrogens is 212 g/mol. The molecule has 4 heteroatoms. The van der Waals surface area contributed by atoms with Crippen molar-refractivity contribution in [2.24, 2.45) is 0 Å². The van der Waals surface area contributed by atoms with E-state index in [-0.39, 0.29) is 18.0 Å². The third-order valence-corrected chi connectivity index (χ3v) is 2.85. The SMILES string of the molecule is CC1NC(c2ccc(Cl)cc2)CNC1=O. The second-order valence-electron chi connectivity index (χ2n) is 3.74. The Balaban J connectivity index is 2.12. The number of carbonyl (C=O) groups excluding carboxylic acids is 1. The number of benzene rings is 1. The Morgan fingerprint density at radius 2 is 2.00 bits per heavy atom. The normalized spacial score (nSPS) is 26.1. The number of carbonyl (C=O) groups is 1. The summed E-state index contributed by atoms with van der Waals surface area (Å²) in [5, 5.41) is 6.84. The van der Waals surface area contributed by atoms with Gasteiger partial charge in [-0.05, 0) is 24.6 Å². The average Bonchev–Trinajstić information content (AvgIpc) is 2.23. The Kier molecular flexibility index (Phi) is 2.93. The summed E-state index contributed by atoms with van der Waals surface area (Å²) in [7, 11) is 0. The Bertz CT molecular complexity index is 363. The van der Waals surface area contributed by atoms with Gasteiger partial charge in [0.15, 0.2) is 0 Å². The van der Waals surface area contributed by atoms with E-state index in [1.54, 1.807) is 0 Å². The van der Waals surface area contributed by atoms with Crippen LogP contribution in [0.25, 0.3) is 0 Å². The molecule has 0 aliphatic carbocycles. The molecule has 15 heavy (non-hydrogen) atoms. The van der Waals surface area contributed by atoms with Gasteiger partial charge in [-0.1, -0.05) is 23.7 Å². The Morgan fingerprint density at radius 1 is 1.33 bits per heavy atom. The van der Waals surface area contributed by atoms with E-state index in [9.17, 15) is 4.79 Å². The molecule has 1 aromatic rings. The monoisotopic (exact) mass is 224 g/mol. The van der Waals surface area contributed by atoms with Crippen molar-refractivity contribution in [3.05, 3.63) is 34.9 Å². The first-order chi connectivity index (χ1) is 7.16. The fourth-order valence-electron chi connectivity index (χ4n) is 1.70. The highest BCUT2D eigenvalue weighted by Crippen LogP contribution is 2.18. The van der Waals surface area contributed by atoms with E-state index in [1.165, 1.54) is 0 Å². The number of rotatable bonds is 1. The lowest BCUT2D eigenvalue weighted by Crippen LogP contribution is -2.52. The topological polar surface area (TPSA) is 41.1 Å². The van der Waals surface area contributed by atoms with Crippen LogP contribution in [0.15, 0.2) is 24.3 Å². The molecule has 1 heterocycles. The second-order valence-corrected chi connectivity index (χ2v) is 4.17. The van der Waals surface area contributed by atoms with E-state index in [1.807, 2.05) is 31.2 Å². The maximum atomic E-state index is 11.2. The molecule has 0 bridgehead atoms. The first kappa shape index (κ1) is 10.5. The summed E-state index contributed by atoms with van der Waals surface area (Å²) in [4.78, 5) is 11.2. The number of piperazine rings is 1. The molecular formula is C11H13ClN2O. The predicted octanol–water partition coefficient (Wildman–Crippen LogP) is 1.49. The largest absolute Gasteiger partial charge is 0.353 e. The van der Waals surface area contributed by atoms with Crippen molar-refractivity contribution in [1.29, 1.82) is 0 Å². The van der Waals surface area contributed by atoms with Crippen LogP contribution in [0.5, 0.6) is 0 Å². The smallest absolute Gasteiger partial charge is 0.236 e. The van der Waals surface area contributed by atoms with E-state index in [2.05, 4.69) is 10.6 Å². The van der Waals surface area contributed by atoms with Crippen molar-refractivity contribution in [3.8, 4) is 0 Å². The lowest BCUT2D eigenvalue weighted by atomic mass is 10.0. The summed E-state index contributed by atoms with van der Waals surface area (Å²) in [6, 6.07) is 7.71. The summed E-state index contributed by atoms with van der Waals surface area (Å²) in [5.74, 6) is 0.0558. The van der Waals surface area contributed by atoms with E-state index in [4.69, 9.17) is 11.6 Å². The van der Waals surface area contributed by atoms with E-state index < -0.39 is 0 Å². The lowest BCUT2D eigenvalue weighted by molar-refractivity contribution is -0.124. The first-order valence-corrected chi connectivity index (χ1v) is 5.34. The van der Waals surface area contributed by atoms with Crippen LogP contribution in [0.3, 0.4) is 0 Å². The van der Waals surface area contributed by atoms with Crippen LogP contribution in [-0.4, -0.2) is 18.5 Å². The zero-order valence-electron chi connectivity index (χ0n) is 8.46. The van der Waals surface area contributed by atoms with Gasteiger partial charge in [-0.15, -0.1) is 0 Å². The third kappa shape index (κ3) is 2.30. The molecule has 2 atom stereocenters. The molecule has 3 nitrogen and oxygen atoms in total. The molecule has 0 radical (unpaired) electrons. The summed E-state index contributed by atoms with van der Waals surface area (Å²) in [5.41, 5.74) is 1.14.